The van der Waals surface area contributed by atoms with Crippen LogP contribution in [0.1, 0.15) is 25.0 Å². The van der Waals surface area contributed by atoms with Crippen molar-refractivity contribution in [3.8, 4) is 55.6 Å². The molecule has 0 saturated carbocycles. The normalized spacial score (nSPS) is 13.8. The Labute approximate surface area is 240 Å². The lowest BCUT2D eigenvalue weighted by Gasteiger charge is -2.22. The van der Waals surface area contributed by atoms with Crippen molar-refractivity contribution in [2.75, 3.05) is 0 Å². The molecule has 0 spiro atoms. The highest BCUT2D eigenvalue weighted by molar-refractivity contribution is 6.29. The van der Waals surface area contributed by atoms with E-state index < -0.39 is 0 Å². The first-order valence-corrected chi connectivity index (χ1v) is 14.5. The fourth-order valence-electron chi connectivity index (χ4n) is 7.69. The van der Waals surface area contributed by atoms with Gasteiger partial charge in [-0.05, 0) is 94.4 Å². The van der Waals surface area contributed by atoms with Crippen LogP contribution in [0, 0.1) is 0 Å². The zero-order valence-corrected chi connectivity index (χ0v) is 23.2. The minimum atomic E-state index is 0.00299. The fourth-order valence-corrected chi connectivity index (χ4v) is 7.69. The highest BCUT2D eigenvalue weighted by atomic mass is 14.4. The molecule has 0 fully saturated rings. The van der Waals surface area contributed by atoms with Gasteiger partial charge in [0.25, 0.3) is 0 Å². The minimum Gasteiger partial charge on any atom is -0.0619 e. The second kappa shape index (κ2) is 8.05. The SMILES string of the molecule is CC1(C)c2ccccc2-c2ccc(-c3ccc(-c4c5ccccc5c5c6c(cccc46)-c4ccccc4-5)cc3)cc21. The third kappa shape index (κ3) is 3.00. The first kappa shape index (κ1) is 22.8. The molecule has 0 bridgehead atoms. The molecule has 0 saturated heterocycles. The van der Waals surface area contributed by atoms with Crippen LogP contribution in [0.5, 0.6) is 0 Å². The Kier molecular flexibility index (Phi) is 4.49. The van der Waals surface area contributed by atoms with E-state index in [0.717, 1.165) is 0 Å². The quantitative estimate of drug-likeness (QED) is 0.199. The summed E-state index contributed by atoms with van der Waals surface area (Å²) < 4.78 is 0. The van der Waals surface area contributed by atoms with Gasteiger partial charge < -0.3 is 0 Å². The molecule has 41 heavy (non-hydrogen) atoms. The number of fused-ring (bicyclic) bond motifs is 8. The van der Waals surface area contributed by atoms with Crippen LogP contribution in [0.2, 0.25) is 0 Å². The number of hydrogen-bond acceptors (Lipinski definition) is 0. The summed E-state index contributed by atoms with van der Waals surface area (Å²) in [5.41, 5.74) is 16.1. The van der Waals surface area contributed by atoms with Crippen LogP contribution in [-0.4, -0.2) is 0 Å². The van der Waals surface area contributed by atoms with Gasteiger partial charge in [-0.1, -0.05) is 141 Å². The predicted molar refractivity (Wildman–Crippen MR) is 174 cm³/mol. The molecule has 0 radical (unpaired) electrons. The molecule has 0 nitrogen and oxygen atoms in total. The molecule has 192 valence electrons. The summed E-state index contributed by atoms with van der Waals surface area (Å²) in [4.78, 5) is 0. The third-order valence-corrected chi connectivity index (χ3v) is 9.63. The lowest BCUT2D eigenvalue weighted by atomic mass is 9.81. The van der Waals surface area contributed by atoms with E-state index in [0.29, 0.717) is 0 Å². The van der Waals surface area contributed by atoms with Crippen molar-refractivity contribution in [1.29, 1.82) is 0 Å². The van der Waals surface area contributed by atoms with Crippen molar-refractivity contribution >= 4 is 21.5 Å². The molecular weight excluding hydrogens is 492 g/mol. The van der Waals surface area contributed by atoms with Gasteiger partial charge >= 0.3 is 0 Å². The van der Waals surface area contributed by atoms with E-state index in [-0.39, 0.29) is 5.41 Å². The Morgan fingerprint density at radius 3 is 1.73 bits per heavy atom. The molecular formula is C41H28. The fraction of sp³-hybridized carbons (Fsp3) is 0.0732. The maximum absolute atomic E-state index is 2.41. The van der Waals surface area contributed by atoms with Crippen molar-refractivity contribution < 1.29 is 0 Å². The first-order valence-electron chi connectivity index (χ1n) is 14.5. The molecule has 0 atom stereocenters. The minimum absolute atomic E-state index is 0.00299. The largest absolute Gasteiger partial charge is 0.0619 e. The predicted octanol–water partition coefficient (Wildman–Crippen LogP) is 11.3. The summed E-state index contributed by atoms with van der Waals surface area (Å²) >= 11 is 0. The highest BCUT2D eigenvalue weighted by Gasteiger charge is 2.35. The van der Waals surface area contributed by atoms with E-state index in [1.54, 1.807) is 0 Å². The van der Waals surface area contributed by atoms with Gasteiger partial charge in [0.05, 0.1) is 0 Å². The summed E-state index contributed by atoms with van der Waals surface area (Å²) in [6.45, 7) is 4.70. The zero-order chi connectivity index (χ0) is 27.3. The summed E-state index contributed by atoms with van der Waals surface area (Å²) in [6, 6.07) is 49.8. The van der Waals surface area contributed by atoms with Crippen LogP contribution in [0.15, 0.2) is 133 Å². The molecule has 9 rings (SSSR count). The van der Waals surface area contributed by atoms with Gasteiger partial charge in [0, 0.05) is 5.41 Å². The molecule has 0 amide bonds. The van der Waals surface area contributed by atoms with Gasteiger partial charge in [-0.2, -0.15) is 0 Å². The second-order valence-electron chi connectivity index (χ2n) is 12.1. The van der Waals surface area contributed by atoms with Gasteiger partial charge in [-0.3, -0.25) is 0 Å². The van der Waals surface area contributed by atoms with Crippen LogP contribution in [0.4, 0.5) is 0 Å². The van der Waals surface area contributed by atoms with E-state index in [1.165, 1.54) is 88.3 Å². The average molecular weight is 521 g/mol. The van der Waals surface area contributed by atoms with Crippen LogP contribution in [0.3, 0.4) is 0 Å². The van der Waals surface area contributed by atoms with Crippen LogP contribution in [-0.2, 0) is 5.41 Å². The maximum atomic E-state index is 2.41. The summed E-state index contributed by atoms with van der Waals surface area (Å²) in [6.07, 6.45) is 0. The number of benzene rings is 7. The summed E-state index contributed by atoms with van der Waals surface area (Å²) in [7, 11) is 0. The monoisotopic (exact) mass is 520 g/mol. The highest BCUT2D eigenvalue weighted by Crippen LogP contribution is 2.53. The molecule has 0 N–H and O–H groups in total. The van der Waals surface area contributed by atoms with Crippen molar-refractivity contribution in [2.45, 2.75) is 19.3 Å². The van der Waals surface area contributed by atoms with Crippen LogP contribution >= 0.6 is 0 Å². The second-order valence-corrected chi connectivity index (χ2v) is 12.1. The Bertz CT molecular complexity index is 2210. The van der Waals surface area contributed by atoms with E-state index in [1.807, 2.05) is 0 Å². The van der Waals surface area contributed by atoms with Gasteiger partial charge in [-0.15, -0.1) is 0 Å². The van der Waals surface area contributed by atoms with Crippen molar-refractivity contribution in [3.05, 3.63) is 145 Å². The molecule has 7 aromatic carbocycles. The maximum Gasteiger partial charge on any atom is 0.0159 e. The summed E-state index contributed by atoms with van der Waals surface area (Å²) in [5.74, 6) is 0. The molecule has 0 unspecified atom stereocenters. The molecule has 0 heteroatoms. The van der Waals surface area contributed by atoms with Crippen LogP contribution in [0.25, 0.3) is 77.2 Å². The Morgan fingerprint density at radius 2 is 0.927 bits per heavy atom. The lowest BCUT2D eigenvalue weighted by molar-refractivity contribution is 0.660. The van der Waals surface area contributed by atoms with Crippen molar-refractivity contribution in [1.82, 2.24) is 0 Å². The average Bonchev–Trinajstić information content (AvgIpc) is 3.48. The molecule has 0 heterocycles. The number of rotatable bonds is 2. The van der Waals surface area contributed by atoms with Gasteiger partial charge in [0.1, 0.15) is 0 Å². The molecule has 2 aliphatic carbocycles. The Balaban J connectivity index is 1.21. The molecule has 7 aromatic rings. The van der Waals surface area contributed by atoms with Gasteiger partial charge in [0.15, 0.2) is 0 Å². The first-order chi connectivity index (χ1) is 20.1. The summed E-state index contributed by atoms with van der Waals surface area (Å²) in [5, 5.41) is 5.36. The van der Waals surface area contributed by atoms with E-state index in [2.05, 4.69) is 147 Å². The van der Waals surface area contributed by atoms with Crippen LogP contribution < -0.4 is 0 Å². The Hall–Kier alpha value is -4.94. The molecule has 0 aliphatic heterocycles. The van der Waals surface area contributed by atoms with Gasteiger partial charge in [0.2, 0.25) is 0 Å². The molecule has 0 aromatic heterocycles. The topological polar surface area (TPSA) is 0 Å². The molecule has 2 aliphatic rings. The zero-order valence-electron chi connectivity index (χ0n) is 23.2. The third-order valence-electron chi connectivity index (χ3n) is 9.63. The van der Waals surface area contributed by atoms with Crippen molar-refractivity contribution in [2.24, 2.45) is 0 Å². The van der Waals surface area contributed by atoms with E-state index in [9.17, 15) is 0 Å². The lowest BCUT2D eigenvalue weighted by Crippen LogP contribution is -2.14. The number of hydrogen-bond donors (Lipinski definition) is 0. The smallest absolute Gasteiger partial charge is 0.0159 e. The van der Waals surface area contributed by atoms with Crippen molar-refractivity contribution in [3.63, 3.8) is 0 Å². The standard InChI is InChI=1S/C41H28/c1-41(2)36-17-8-7-11-29(36)30-23-22-27(24-37(30)41)25-18-20-26(21-19-25)38-33-13-5-6-14-34(33)39-31-12-4-3-10-28(31)32-15-9-16-35(38)40(32)39/h3-24H,1-2H3. The Morgan fingerprint density at radius 1 is 0.366 bits per heavy atom. The van der Waals surface area contributed by atoms with E-state index >= 15 is 0 Å². The van der Waals surface area contributed by atoms with E-state index in [4.69, 9.17) is 0 Å². The van der Waals surface area contributed by atoms with Gasteiger partial charge in [-0.25, -0.2) is 0 Å².